The summed E-state index contributed by atoms with van der Waals surface area (Å²) >= 11 is 6.07. The number of rotatable bonds is 5. The molecule has 0 unspecified atom stereocenters. The normalized spacial score (nSPS) is 19.0. The maximum absolute atomic E-state index is 13.8. The minimum Gasteiger partial charge on any atom is -0.273 e. The van der Waals surface area contributed by atoms with Crippen LogP contribution < -0.4 is 0 Å². The summed E-state index contributed by atoms with van der Waals surface area (Å²) in [5.74, 6) is -1.19. The van der Waals surface area contributed by atoms with Crippen LogP contribution in [0, 0.1) is 12.8 Å². The van der Waals surface area contributed by atoms with Crippen molar-refractivity contribution >= 4 is 33.2 Å². The standard InChI is InChI=1S/C26H24ClNO3S/c1-3-23-24(19-11-13-21(27)14-12-19)17-25(20-7-5-4-6-8-20)28(26(23)29)32(30,31)22-15-9-18(2)10-16-22/h4-17,23-24H,3H2,1-2H3/t23-,24-/m0/s1. The van der Waals surface area contributed by atoms with E-state index in [0.29, 0.717) is 22.7 Å². The monoisotopic (exact) mass is 465 g/mol. The summed E-state index contributed by atoms with van der Waals surface area (Å²) in [6, 6.07) is 23.1. The van der Waals surface area contributed by atoms with E-state index in [4.69, 9.17) is 11.6 Å². The zero-order valence-electron chi connectivity index (χ0n) is 17.9. The highest BCUT2D eigenvalue weighted by Gasteiger charge is 2.43. The predicted molar refractivity (Wildman–Crippen MR) is 128 cm³/mol. The third-order valence-electron chi connectivity index (χ3n) is 5.83. The van der Waals surface area contributed by atoms with Crippen LogP contribution in [0.15, 0.2) is 89.8 Å². The molecule has 0 aliphatic carbocycles. The number of amides is 1. The summed E-state index contributed by atoms with van der Waals surface area (Å²) in [7, 11) is -4.09. The third kappa shape index (κ3) is 4.10. The van der Waals surface area contributed by atoms with Crippen LogP contribution in [-0.4, -0.2) is 18.6 Å². The van der Waals surface area contributed by atoms with Gasteiger partial charge >= 0.3 is 0 Å². The summed E-state index contributed by atoms with van der Waals surface area (Å²) in [5.41, 5.74) is 2.92. The second-order valence-electron chi connectivity index (χ2n) is 7.93. The van der Waals surface area contributed by atoms with Gasteiger partial charge in [-0.1, -0.05) is 84.8 Å². The van der Waals surface area contributed by atoms with E-state index in [1.807, 2.05) is 62.4 Å². The van der Waals surface area contributed by atoms with Crippen molar-refractivity contribution in [1.29, 1.82) is 0 Å². The van der Waals surface area contributed by atoms with Crippen molar-refractivity contribution in [2.75, 3.05) is 0 Å². The minimum atomic E-state index is -4.09. The molecule has 1 amide bonds. The lowest BCUT2D eigenvalue weighted by molar-refractivity contribution is -0.129. The average molecular weight is 466 g/mol. The van der Waals surface area contributed by atoms with Gasteiger partial charge in [0.15, 0.2) is 0 Å². The second-order valence-corrected chi connectivity index (χ2v) is 10.2. The number of carbonyl (C=O) groups excluding carboxylic acids is 1. The van der Waals surface area contributed by atoms with Gasteiger partial charge in [-0.15, -0.1) is 0 Å². The molecule has 4 nitrogen and oxygen atoms in total. The SMILES string of the molecule is CC[C@@H]1C(=O)N(S(=O)(=O)c2ccc(C)cc2)C(c2ccccc2)=C[C@H]1c1ccc(Cl)cc1. The zero-order chi connectivity index (χ0) is 22.9. The van der Waals surface area contributed by atoms with Gasteiger partial charge in [-0.2, -0.15) is 0 Å². The predicted octanol–water partition coefficient (Wildman–Crippen LogP) is 6.03. The molecule has 3 aromatic rings. The van der Waals surface area contributed by atoms with E-state index >= 15 is 0 Å². The van der Waals surface area contributed by atoms with Crippen molar-refractivity contribution in [3.05, 3.63) is 107 Å². The fourth-order valence-electron chi connectivity index (χ4n) is 4.10. The fraction of sp³-hybridized carbons (Fsp3) is 0.192. The number of aryl methyl sites for hydroxylation is 1. The fourth-order valence-corrected chi connectivity index (χ4v) is 5.72. The Morgan fingerprint density at radius 1 is 0.906 bits per heavy atom. The van der Waals surface area contributed by atoms with Gasteiger partial charge in [0, 0.05) is 16.9 Å². The Bertz CT molecular complexity index is 1250. The van der Waals surface area contributed by atoms with Gasteiger partial charge in [-0.25, -0.2) is 12.7 Å². The number of hydrogen-bond donors (Lipinski definition) is 0. The largest absolute Gasteiger partial charge is 0.273 e. The summed E-state index contributed by atoms with van der Waals surface area (Å²) in [4.78, 5) is 13.9. The first-order valence-corrected chi connectivity index (χ1v) is 12.3. The van der Waals surface area contributed by atoms with Gasteiger partial charge in [0.2, 0.25) is 5.91 Å². The molecule has 3 aromatic carbocycles. The Hall–Kier alpha value is -2.89. The molecule has 32 heavy (non-hydrogen) atoms. The first-order chi connectivity index (χ1) is 15.3. The lowest BCUT2D eigenvalue weighted by Crippen LogP contribution is -2.44. The summed E-state index contributed by atoms with van der Waals surface area (Å²) in [6.45, 7) is 3.80. The van der Waals surface area contributed by atoms with E-state index in [-0.39, 0.29) is 10.8 Å². The Balaban J connectivity index is 1.92. The Morgan fingerprint density at radius 2 is 1.53 bits per heavy atom. The van der Waals surface area contributed by atoms with E-state index in [9.17, 15) is 13.2 Å². The summed E-state index contributed by atoms with van der Waals surface area (Å²) in [6.07, 6.45) is 2.41. The highest BCUT2D eigenvalue weighted by molar-refractivity contribution is 7.90. The van der Waals surface area contributed by atoms with Crippen LogP contribution >= 0.6 is 11.6 Å². The molecule has 0 N–H and O–H groups in total. The summed E-state index contributed by atoms with van der Waals surface area (Å²) < 4.78 is 28.4. The Morgan fingerprint density at radius 3 is 2.12 bits per heavy atom. The summed E-state index contributed by atoms with van der Waals surface area (Å²) in [5, 5.41) is 0.611. The maximum atomic E-state index is 13.8. The molecule has 0 radical (unpaired) electrons. The van der Waals surface area contributed by atoms with E-state index in [0.717, 1.165) is 15.4 Å². The van der Waals surface area contributed by atoms with E-state index in [1.54, 1.807) is 36.4 Å². The van der Waals surface area contributed by atoms with Crippen LogP contribution in [0.2, 0.25) is 5.02 Å². The quantitative estimate of drug-likeness (QED) is 0.462. The molecular formula is C26H24ClNO3S. The number of halogens is 1. The first-order valence-electron chi connectivity index (χ1n) is 10.5. The number of benzene rings is 3. The number of carbonyl (C=O) groups is 1. The highest BCUT2D eigenvalue weighted by Crippen LogP contribution is 2.42. The maximum Gasteiger partial charge on any atom is 0.270 e. The van der Waals surface area contributed by atoms with Crippen molar-refractivity contribution in [2.45, 2.75) is 31.1 Å². The van der Waals surface area contributed by atoms with E-state index in [1.165, 1.54) is 0 Å². The molecule has 0 aromatic heterocycles. The Kier molecular flexibility index (Phi) is 6.22. The van der Waals surface area contributed by atoms with Crippen LogP contribution in [0.25, 0.3) is 5.70 Å². The van der Waals surface area contributed by atoms with Gasteiger partial charge in [0.1, 0.15) is 0 Å². The molecule has 6 heteroatoms. The molecule has 2 atom stereocenters. The van der Waals surface area contributed by atoms with Crippen LogP contribution in [0.4, 0.5) is 0 Å². The van der Waals surface area contributed by atoms with Gasteiger partial charge < -0.3 is 0 Å². The molecule has 0 saturated carbocycles. The molecule has 1 aliphatic heterocycles. The topological polar surface area (TPSA) is 54.5 Å². The molecule has 1 aliphatic rings. The van der Waals surface area contributed by atoms with Crippen molar-refractivity contribution in [2.24, 2.45) is 5.92 Å². The number of hydrogen-bond acceptors (Lipinski definition) is 3. The lowest BCUT2D eigenvalue weighted by Gasteiger charge is -2.37. The van der Waals surface area contributed by atoms with Crippen LogP contribution in [0.3, 0.4) is 0 Å². The van der Waals surface area contributed by atoms with Crippen molar-refractivity contribution in [3.8, 4) is 0 Å². The van der Waals surface area contributed by atoms with E-state index in [2.05, 4.69) is 0 Å². The van der Waals surface area contributed by atoms with Crippen molar-refractivity contribution < 1.29 is 13.2 Å². The van der Waals surface area contributed by atoms with Gasteiger partial charge in [0.05, 0.1) is 10.6 Å². The van der Waals surface area contributed by atoms with Gasteiger partial charge in [0.25, 0.3) is 10.0 Å². The molecule has 0 fully saturated rings. The van der Waals surface area contributed by atoms with Crippen LogP contribution in [-0.2, 0) is 14.8 Å². The van der Waals surface area contributed by atoms with Crippen LogP contribution in [0.1, 0.15) is 36.0 Å². The minimum absolute atomic E-state index is 0.0954. The zero-order valence-corrected chi connectivity index (χ0v) is 19.5. The second kappa shape index (κ2) is 8.93. The lowest BCUT2D eigenvalue weighted by atomic mass is 9.80. The number of sulfonamides is 1. The average Bonchev–Trinajstić information content (AvgIpc) is 2.79. The Labute approximate surface area is 194 Å². The molecule has 164 valence electrons. The smallest absolute Gasteiger partial charge is 0.270 e. The van der Waals surface area contributed by atoms with Gasteiger partial charge in [-0.3, -0.25) is 4.79 Å². The number of allylic oxidation sites excluding steroid dienone is 1. The van der Waals surface area contributed by atoms with Crippen molar-refractivity contribution in [3.63, 3.8) is 0 Å². The van der Waals surface area contributed by atoms with Crippen LogP contribution in [0.5, 0.6) is 0 Å². The molecule has 1 heterocycles. The van der Waals surface area contributed by atoms with Gasteiger partial charge in [-0.05, 0) is 48.7 Å². The molecule has 0 bridgehead atoms. The first kappa shape index (κ1) is 22.3. The molecule has 4 rings (SSSR count). The van der Waals surface area contributed by atoms with E-state index < -0.39 is 21.8 Å². The molecule has 0 spiro atoms. The third-order valence-corrected chi connectivity index (χ3v) is 7.81. The highest BCUT2D eigenvalue weighted by atomic mass is 35.5. The molecular weight excluding hydrogens is 442 g/mol. The molecule has 0 saturated heterocycles. The number of nitrogens with zero attached hydrogens (tertiary/aromatic N) is 1. The van der Waals surface area contributed by atoms with Crippen molar-refractivity contribution in [1.82, 2.24) is 4.31 Å².